The summed E-state index contributed by atoms with van der Waals surface area (Å²) in [4.78, 5) is 43.7. The van der Waals surface area contributed by atoms with E-state index in [2.05, 4.69) is 10.4 Å². The minimum Gasteiger partial charge on any atom is -0.285 e. The van der Waals surface area contributed by atoms with Crippen molar-refractivity contribution in [2.45, 2.75) is 0 Å². The number of nitrogens with zero attached hydrogens (tertiary/aromatic N) is 2. The average Bonchev–Trinajstić information content (AvgIpc) is 2.42. The highest BCUT2D eigenvalue weighted by atomic mass is 16.3. The zero-order valence-corrected chi connectivity index (χ0v) is 8.99. The highest BCUT2D eigenvalue weighted by Gasteiger charge is 2.27. The van der Waals surface area contributed by atoms with Crippen molar-refractivity contribution in [2.75, 3.05) is 0 Å². The molecule has 0 aliphatic heterocycles. The summed E-state index contributed by atoms with van der Waals surface area (Å²) in [6, 6.07) is 5.86. The summed E-state index contributed by atoms with van der Waals surface area (Å²) in [7, 11) is 0. The maximum absolute atomic E-state index is 11.7. The monoisotopic (exact) mass is 242 g/mol. The summed E-state index contributed by atoms with van der Waals surface area (Å²) < 4.78 is 0. The van der Waals surface area contributed by atoms with Crippen LogP contribution < -0.4 is 0 Å². The van der Waals surface area contributed by atoms with E-state index < -0.39 is 17.3 Å². The largest absolute Gasteiger partial charge is 0.285 e. The highest BCUT2D eigenvalue weighted by molar-refractivity contribution is 6.59. The highest BCUT2D eigenvalue weighted by Crippen LogP contribution is 2.24. The van der Waals surface area contributed by atoms with Gasteiger partial charge in [-0.15, -0.1) is 9.81 Å². The van der Waals surface area contributed by atoms with Gasteiger partial charge in [-0.2, -0.15) is 0 Å². The smallest absolute Gasteiger partial charge is 0.255 e. The minimum atomic E-state index is -0.930. The molecule has 18 heavy (non-hydrogen) atoms. The number of carbonyl (C=O) groups excluding carboxylic acids is 2. The Bertz CT molecular complexity index is 611. The molecule has 88 valence electrons. The lowest BCUT2D eigenvalue weighted by atomic mass is 9.94. The zero-order chi connectivity index (χ0) is 13.1. The number of ketones is 2. The van der Waals surface area contributed by atoms with E-state index in [1.807, 2.05) is 0 Å². The first kappa shape index (κ1) is 11.7. The molecule has 0 N–H and O–H groups in total. The maximum atomic E-state index is 11.7. The fourth-order valence-electron chi connectivity index (χ4n) is 1.55. The molecule has 1 aromatic rings. The molecule has 0 fully saturated rings. The molecule has 2 rings (SSSR count). The Balaban J connectivity index is 2.44. The van der Waals surface area contributed by atoms with Crippen LogP contribution in [-0.2, 0) is 9.59 Å². The van der Waals surface area contributed by atoms with Gasteiger partial charge < -0.3 is 0 Å². The molecular formula is C12H6N2O4. The van der Waals surface area contributed by atoms with Gasteiger partial charge >= 0.3 is 0 Å². The van der Waals surface area contributed by atoms with Gasteiger partial charge in [0.15, 0.2) is 5.70 Å². The fourth-order valence-corrected chi connectivity index (χ4v) is 1.55. The van der Waals surface area contributed by atoms with E-state index >= 15 is 0 Å². The summed E-state index contributed by atoms with van der Waals surface area (Å²) in [5.74, 6) is -1.72. The number of benzene rings is 1. The Morgan fingerprint density at radius 2 is 1.44 bits per heavy atom. The van der Waals surface area contributed by atoms with Gasteiger partial charge in [0, 0.05) is 5.57 Å². The van der Waals surface area contributed by atoms with Crippen molar-refractivity contribution >= 4 is 22.8 Å². The molecule has 0 saturated carbocycles. The molecule has 0 aromatic heterocycles. The Kier molecular flexibility index (Phi) is 3.01. The molecule has 0 spiro atoms. The predicted octanol–water partition coefficient (Wildman–Crippen LogP) is 2.27. The molecular weight excluding hydrogens is 236 g/mol. The van der Waals surface area contributed by atoms with E-state index in [0.717, 1.165) is 0 Å². The topological polar surface area (TPSA) is 93.0 Å². The van der Waals surface area contributed by atoms with Gasteiger partial charge in [-0.05, 0) is 40.2 Å². The predicted molar refractivity (Wildman–Crippen MR) is 63.8 cm³/mol. The molecule has 1 aromatic carbocycles. The normalized spacial score (nSPS) is 14.9. The van der Waals surface area contributed by atoms with Gasteiger partial charge in [-0.1, -0.05) is 12.1 Å². The third-order valence-corrected chi connectivity index (χ3v) is 2.47. The van der Waals surface area contributed by atoms with E-state index in [9.17, 15) is 19.4 Å². The van der Waals surface area contributed by atoms with Crippen molar-refractivity contribution < 1.29 is 9.59 Å². The second-order valence-corrected chi connectivity index (χ2v) is 3.52. The van der Waals surface area contributed by atoms with Gasteiger partial charge in [0.1, 0.15) is 5.69 Å². The molecule has 6 nitrogen and oxygen atoms in total. The molecule has 0 saturated heterocycles. The quantitative estimate of drug-likeness (QED) is 0.461. The number of hydrogen-bond donors (Lipinski definition) is 0. The standard InChI is InChI=1S/C12H6N2O4/c15-11-9(5-6-10(14-18)12(11)16)7-1-3-8(13-17)4-2-7/h1-6H. The van der Waals surface area contributed by atoms with E-state index in [1.54, 1.807) is 0 Å². The lowest BCUT2D eigenvalue weighted by molar-refractivity contribution is -0.131. The molecule has 1 aliphatic carbocycles. The number of hydrogen-bond acceptors (Lipinski definition) is 6. The molecule has 6 heteroatoms. The van der Waals surface area contributed by atoms with Crippen LogP contribution in [0.15, 0.2) is 52.5 Å². The fraction of sp³-hybridized carbons (Fsp3) is 0. The molecule has 0 heterocycles. The van der Waals surface area contributed by atoms with Gasteiger partial charge in [0.05, 0.1) is 0 Å². The summed E-state index contributed by atoms with van der Waals surface area (Å²) >= 11 is 0. The van der Waals surface area contributed by atoms with Crippen molar-refractivity contribution in [3.63, 3.8) is 0 Å². The number of nitroso groups, excluding NO2 is 2. The lowest BCUT2D eigenvalue weighted by Gasteiger charge is -2.08. The number of allylic oxidation sites excluding steroid dienone is 4. The van der Waals surface area contributed by atoms with E-state index in [4.69, 9.17) is 0 Å². The van der Waals surface area contributed by atoms with Crippen LogP contribution in [0.1, 0.15) is 5.56 Å². The van der Waals surface area contributed by atoms with Gasteiger partial charge in [-0.3, -0.25) is 9.59 Å². The van der Waals surface area contributed by atoms with Crippen molar-refractivity contribution in [1.29, 1.82) is 0 Å². The Labute approximate surface area is 101 Å². The molecule has 0 bridgehead atoms. The first-order valence-electron chi connectivity index (χ1n) is 4.95. The second-order valence-electron chi connectivity index (χ2n) is 3.52. The first-order chi connectivity index (χ1) is 8.67. The first-order valence-corrected chi connectivity index (χ1v) is 4.95. The van der Waals surface area contributed by atoms with Crippen LogP contribution in [0, 0.1) is 9.81 Å². The molecule has 1 aliphatic rings. The zero-order valence-electron chi connectivity index (χ0n) is 8.99. The van der Waals surface area contributed by atoms with Crippen molar-refractivity contribution in [3.8, 4) is 0 Å². The van der Waals surface area contributed by atoms with Crippen molar-refractivity contribution in [3.05, 3.63) is 57.5 Å². The lowest BCUT2D eigenvalue weighted by Crippen LogP contribution is -2.19. The van der Waals surface area contributed by atoms with Crippen LogP contribution in [0.2, 0.25) is 0 Å². The van der Waals surface area contributed by atoms with Crippen molar-refractivity contribution in [2.24, 2.45) is 10.4 Å². The molecule has 0 unspecified atom stereocenters. The van der Waals surface area contributed by atoms with Crippen LogP contribution in [0.5, 0.6) is 0 Å². The average molecular weight is 242 g/mol. The van der Waals surface area contributed by atoms with E-state index in [1.165, 1.54) is 36.4 Å². The third-order valence-electron chi connectivity index (χ3n) is 2.47. The molecule has 0 radical (unpaired) electrons. The molecule has 0 atom stereocenters. The van der Waals surface area contributed by atoms with Crippen LogP contribution in [0.25, 0.3) is 5.57 Å². The second kappa shape index (κ2) is 4.62. The number of rotatable bonds is 3. The Hall–Kier alpha value is -2.76. The minimum absolute atomic E-state index is 0.157. The van der Waals surface area contributed by atoms with Crippen LogP contribution in [-0.4, -0.2) is 11.6 Å². The van der Waals surface area contributed by atoms with Crippen molar-refractivity contribution in [1.82, 2.24) is 0 Å². The Morgan fingerprint density at radius 1 is 0.778 bits per heavy atom. The SMILES string of the molecule is O=NC1=CC=C(c2ccc(N=O)cc2)C(=O)C1=O. The van der Waals surface area contributed by atoms with Crippen LogP contribution in [0.3, 0.4) is 0 Å². The van der Waals surface area contributed by atoms with Gasteiger partial charge in [-0.25, -0.2) is 0 Å². The van der Waals surface area contributed by atoms with Crippen LogP contribution >= 0.6 is 0 Å². The summed E-state index contributed by atoms with van der Waals surface area (Å²) in [5, 5.41) is 5.20. The number of carbonyl (C=O) groups is 2. The summed E-state index contributed by atoms with van der Waals surface area (Å²) in [6.45, 7) is 0. The third kappa shape index (κ3) is 1.91. The van der Waals surface area contributed by atoms with E-state index in [0.29, 0.717) is 5.56 Å². The van der Waals surface area contributed by atoms with Gasteiger partial charge in [0.2, 0.25) is 5.78 Å². The van der Waals surface area contributed by atoms with E-state index in [-0.39, 0.29) is 11.3 Å². The van der Waals surface area contributed by atoms with Crippen LogP contribution in [0.4, 0.5) is 5.69 Å². The van der Waals surface area contributed by atoms with Gasteiger partial charge in [0.25, 0.3) is 5.78 Å². The summed E-state index contributed by atoms with van der Waals surface area (Å²) in [5.41, 5.74) is 0.446. The Morgan fingerprint density at radius 3 is 2.00 bits per heavy atom. The number of Topliss-reactive ketones (excluding diaryl/α,β-unsaturated/α-hetero) is 2. The summed E-state index contributed by atoms with van der Waals surface area (Å²) in [6.07, 6.45) is 2.54. The molecule has 0 amide bonds. The maximum Gasteiger partial charge on any atom is 0.255 e.